The van der Waals surface area contributed by atoms with Crippen LogP contribution in [0.4, 0.5) is 0 Å². The molecule has 0 radical (unpaired) electrons. The van der Waals surface area contributed by atoms with Gasteiger partial charge in [0.2, 0.25) is 0 Å². The molecule has 1 fully saturated rings. The molecule has 1 nitrogen and oxygen atoms in total. The van der Waals surface area contributed by atoms with Gasteiger partial charge in [0.25, 0.3) is 0 Å². The Morgan fingerprint density at radius 2 is 1.53 bits per heavy atom. The standard InChI is InChI=1S/C7H11O.2C4H9.Al/c8-6-7-4-2-1-3-5-7;2*1-3-4-2;/h7H,1-5H2;2*1,3-4H2,2H3;. The van der Waals surface area contributed by atoms with E-state index in [-0.39, 0.29) is 0 Å². The van der Waals surface area contributed by atoms with Gasteiger partial charge < -0.3 is 4.79 Å². The third-order valence-corrected chi connectivity index (χ3v) is 7.71. The highest BCUT2D eigenvalue weighted by molar-refractivity contribution is 6.90. The molecule has 98 valence electrons. The molecule has 0 saturated heterocycles. The molecule has 1 saturated carbocycles. The maximum Gasteiger partial charge on any atom is 0.366 e. The Morgan fingerprint density at radius 3 is 2.00 bits per heavy atom. The number of carbonyl (C=O) groups is 1. The van der Waals surface area contributed by atoms with Crippen LogP contribution < -0.4 is 0 Å². The fraction of sp³-hybridized carbons (Fsp3) is 0.933. The largest absolute Gasteiger partial charge is 0.366 e. The maximum atomic E-state index is 12.6. The fourth-order valence-corrected chi connectivity index (χ4v) is 6.71. The third-order valence-electron chi connectivity index (χ3n) is 4.22. The number of hydrogen-bond acceptors (Lipinski definition) is 1. The molecule has 1 aliphatic rings. The van der Waals surface area contributed by atoms with E-state index in [9.17, 15) is 4.79 Å². The van der Waals surface area contributed by atoms with Gasteiger partial charge in [-0.15, -0.1) is 0 Å². The topological polar surface area (TPSA) is 17.1 Å². The van der Waals surface area contributed by atoms with Crippen LogP contribution in [0.15, 0.2) is 0 Å². The van der Waals surface area contributed by atoms with E-state index < -0.39 is 14.1 Å². The highest BCUT2D eigenvalue weighted by atomic mass is 27.2. The van der Waals surface area contributed by atoms with Gasteiger partial charge in [0, 0.05) is 5.92 Å². The summed E-state index contributed by atoms with van der Waals surface area (Å²) in [5.41, 5.74) is 0. The summed E-state index contributed by atoms with van der Waals surface area (Å²) in [6.45, 7) is 4.49. The molecule has 0 aromatic rings. The fourth-order valence-electron chi connectivity index (χ4n) is 3.05. The van der Waals surface area contributed by atoms with Crippen LogP contribution in [-0.2, 0) is 4.79 Å². The van der Waals surface area contributed by atoms with Crippen molar-refractivity contribution in [1.29, 1.82) is 0 Å². The normalized spacial score (nSPS) is 17.1. The van der Waals surface area contributed by atoms with Crippen molar-refractivity contribution < 1.29 is 4.79 Å². The Balaban J connectivity index is 2.44. The van der Waals surface area contributed by atoms with Gasteiger partial charge in [0.1, 0.15) is 0 Å². The lowest BCUT2D eigenvalue weighted by molar-refractivity contribution is -0.116. The van der Waals surface area contributed by atoms with Gasteiger partial charge in [-0.25, -0.2) is 0 Å². The lowest BCUT2D eigenvalue weighted by atomic mass is 9.90. The van der Waals surface area contributed by atoms with Gasteiger partial charge in [-0.1, -0.05) is 69.4 Å². The Labute approximate surface area is 112 Å². The summed E-state index contributed by atoms with van der Waals surface area (Å²) >= 11 is -1.08. The minimum atomic E-state index is -1.08. The van der Waals surface area contributed by atoms with Gasteiger partial charge in [-0.3, -0.25) is 0 Å². The highest BCUT2D eigenvalue weighted by Gasteiger charge is 2.31. The van der Waals surface area contributed by atoms with Crippen molar-refractivity contribution in [3.05, 3.63) is 0 Å². The molecule has 0 spiro atoms. The predicted octanol–water partition coefficient (Wildman–Crippen LogP) is 4.77. The van der Waals surface area contributed by atoms with Crippen LogP contribution >= 0.6 is 0 Å². The van der Waals surface area contributed by atoms with E-state index in [1.54, 1.807) is 0 Å². The molecule has 0 unspecified atom stereocenters. The van der Waals surface area contributed by atoms with Crippen LogP contribution in [0.3, 0.4) is 0 Å². The quantitative estimate of drug-likeness (QED) is 0.569. The second kappa shape index (κ2) is 9.17. The number of hydrogen-bond donors (Lipinski definition) is 0. The van der Waals surface area contributed by atoms with Gasteiger partial charge in [-0.2, -0.15) is 0 Å². The molecular formula is C15H29AlO. The smallest absolute Gasteiger partial charge is 0.321 e. The summed E-state index contributed by atoms with van der Waals surface area (Å²) < 4.78 is 0.756. The highest BCUT2D eigenvalue weighted by Crippen LogP contribution is 2.27. The van der Waals surface area contributed by atoms with Gasteiger partial charge in [0.05, 0.1) is 4.65 Å². The summed E-state index contributed by atoms with van der Waals surface area (Å²) in [6.07, 6.45) is 11.5. The van der Waals surface area contributed by atoms with Crippen molar-refractivity contribution in [2.75, 3.05) is 0 Å². The molecule has 0 atom stereocenters. The predicted molar refractivity (Wildman–Crippen MR) is 76.8 cm³/mol. The van der Waals surface area contributed by atoms with Crippen molar-refractivity contribution in [2.24, 2.45) is 5.92 Å². The monoisotopic (exact) mass is 252 g/mol. The Kier molecular flexibility index (Phi) is 8.24. The second-order valence-electron chi connectivity index (χ2n) is 5.72. The molecule has 1 rings (SSSR count). The first kappa shape index (κ1) is 15.3. The van der Waals surface area contributed by atoms with Crippen LogP contribution in [0.5, 0.6) is 0 Å². The average Bonchev–Trinajstić information content (AvgIpc) is 2.39. The molecule has 2 heteroatoms. The Hall–Kier alpha value is 0.202. The minimum absolute atomic E-state index is 0.481. The zero-order valence-corrected chi connectivity index (χ0v) is 13.0. The summed E-state index contributed by atoms with van der Waals surface area (Å²) in [7, 11) is 0. The van der Waals surface area contributed by atoms with E-state index in [1.807, 2.05) is 0 Å². The number of rotatable bonds is 8. The van der Waals surface area contributed by atoms with E-state index in [1.165, 1.54) is 68.4 Å². The van der Waals surface area contributed by atoms with Crippen LogP contribution in [0.25, 0.3) is 0 Å². The molecule has 0 heterocycles. The van der Waals surface area contributed by atoms with Crippen LogP contribution in [0.1, 0.15) is 71.6 Å². The van der Waals surface area contributed by atoms with Crippen LogP contribution in [0, 0.1) is 5.92 Å². The zero-order valence-electron chi connectivity index (χ0n) is 11.8. The molecule has 0 N–H and O–H groups in total. The third kappa shape index (κ3) is 5.58. The van der Waals surface area contributed by atoms with E-state index in [0.29, 0.717) is 5.92 Å². The molecule has 0 aromatic carbocycles. The molecule has 0 aromatic heterocycles. The maximum absolute atomic E-state index is 12.6. The summed E-state index contributed by atoms with van der Waals surface area (Å²) in [5, 5.41) is 2.57. The van der Waals surface area contributed by atoms with Crippen molar-refractivity contribution in [1.82, 2.24) is 0 Å². The Bertz CT molecular complexity index is 201. The average molecular weight is 252 g/mol. The molecule has 0 amide bonds. The van der Waals surface area contributed by atoms with Crippen LogP contribution in [-0.4, -0.2) is 18.8 Å². The van der Waals surface area contributed by atoms with Crippen molar-refractivity contribution in [3.8, 4) is 0 Å². The lowest BCUT2D eigenvalue weighted by Gasteiger charge is -2.23. The van der Waals surface area contributed by atoms with E-state index in [4.69, 9.17) is 0 Å². The summed E-state index contributed by atoms with van der Waals surface area (Å²) in [5.74, 6) is 0.481. The summed E-state index contributed by atoms with van der Waals surface area (Å²) in [6, 6.07) is 0. The zero-order chi connectivity index (χ0) is 12.5. The number of unbranched alkanes of at least 4 members (excludes halogenated alkanes) is 2. The molecule has 1 aliphatic carbocycles. The number of carbonyl (C=O) groups excluding carboxylic acids is 1. The van der Waals surface area contributed by atoms with E-state index in [2.05, 4.69) is 13.8 Å². The second-order valence-corrected chi connectivity index (χ2v) is 8.84. The first-order chi connectivity index (χ1) is 8.29. The Morgan fingerprint density at radius 1 is 1.00 bits per heavy atom. The molecule has 17 heavy (non-hydrogen) atoms. The molecule has 0 bridgehead atoms. The first-order valence-electron chi connectivity index (χ1n) is 7.83. The lowest BCUT2D eigenvalue weighted by Crippen LogP contribution is -2.33. The summed E-state index contributed by atoms with van der Waals surface area (Å²) in [4.78, 5) is 12.6. The minimum Gasteiger partial charge on any atom is -0.321 e. The van der Waals surface area contributed by atoms with Gasteiger partial charge in [0.15, 0.2) is 0 Å². The van der Waals surface area contributed by atoms with Crippen molar-refractivity contribution in [2.45, 2.75) is 82.2 Å². The van der Waals surface area contributed by atoms with Gasteiger partial charge >= 0.3 is 14.1 Å². The molecule has 0 aliphatic heterocycles. The first-order valence-corrected chi connectivity index (χ1v) is 10.0. The molecular weight excluding hydrogens is 223 g/mol. The van der Waals surface area contributed by atoms with Crippen molar-refractivity contribution >= 4 is 18.8 Å². The van der Waals surface area contributed by atoms with E-state index in [0.717, 1.165) is 4.65 Å². The van der Waals surface area contributed by atoms with Crippen molar-refractivity contribution in [3.63, 3.8) is 0 Å². The van der Waals surface area contributed by atoms with E-state index >= 15 is 0 Å². The SMILES string of the molecule is CCC[CH2][Al]([CH2]CCC)[C](=O)C1CCCCC1. The van der Waals surface area contributed by atoms with Crippen LogP contribution in [0.2, 0.25) is 10.6 Å². The van der Waals surface area contributed by atoms with Gasteiger partial charge in [-0.05, 0) is 12.8 Å².